The van der Waals surface area contributed by atoms with Gasteiger partial charge in [0.05, 0.1) is 6.07 Å². The number of allylic oxidation sites excluding steroid dienone is 2. The Balaban J connectivity index is 3.51. The van der Waals surface area contributed by atoms with Crippen LogP contribution in [0.4, 0.5) is 0 Å². The summed E-state index contributed by atoms with van der Waals surface area (Å²) >= 11 is 0. The van der Waals surface area contributed by atoms with Gasteiger partial charge in [0.2, 0.25) is 0 Å². The topological polar surface area (TPSA) is 23.8 Å². The molecule has 1 rings (SSSR count). The number of hydrogen-bond acceptors (Lipinski definition) is 1. The van der Waals surface area contributed by atoms with E-state index in [-0.39, 0.29) is 10.8 Å². The lowest BCUT2D eigenvalue weighted by molar-refractivity contribution is 0.568. The second-order valence-corrected chi connectivity index (χ2v) is 7.26. The van der Waals surface area contributed by atoms with Crippen molar-refractivity contribution < 1.29 is 0 Å². The van der Waals surface area contributed by atoms with Crippen LogP contribution in [0.2, 0.25) is 0 Å². The predicted octanol–water partition coefficient (Wildman–Crippen LogP) is 5.21. The SMILES string of the molecule is C/C(=C/C#N)c1cc(C(C)(C)C)cc(C(C)(C)C)c1. The lowest BCUT2D eigenvalue weighted by atomic mass is 9.79. The van der Waals surface area contributed by atoms with E-state index >= 15 is 0 Å². The number of rotatable bonds is 1. The first kappa shape index (κ1) is 15.5. The highest BCUT2D eigenvalue weighted by molar-refractivity contribution is 5.67. The highest BCUT2D eigenvalue weighted by Crippen LogP contribution is 2.32. The molecule has 102 valence electrons. The van der Waals surface area contributed by atoms with Gasteiger partial charge >= 0.3 is 0 Å². The third kappa shape index (κ3) is 3.96. The molecule has 0 aromatic heterocycles. The summed E-state index contributed by atoms with van der Waals surface area (Å²) in [4.78, 5) is 0. The standard InChI is InChI=1S/C18H25N/c1-13(8-9-19)14-10-15(17(2,3)4)12-16(11-14)18(5,6)7/h8,10-12H,1-7H3/b13-8-. The third-order valence-corrected chi connectivity index (χ3v) is 3.40. The van der Waals surface area contributed by atoms with Gasteiger partial charge in [-0.15, -0.1) is 0 Å². The molecule has 0 saturated heterocycles. The summed E-state index contributed by atoms with van der Waals surface area (Å²) in [5.41, 5.74) is 5.05. The van der Waals surface area contributed by atoms with Crippen molar-refractivity contribution in [3.8, 4) is 6.07 Å². The van der Waals surface area contributed by atoms with E-state index in [1.165, 1.54) is 11.1 Å². The molecule has 0 heterocycles. The molecule has 0 radical (unpaired) electrons. The van der Waals surface area contributed by atoms with Gasteiger partial charge in [0.1, 0.15) is 0 Å². The maximum atomic E-state index is 8.83. The van der Waals surface area contributed by atoms with Crippen LogP contribution in [0.1, 0.15) is 65.2 Å². The van der Waals surface area contributed by atoms with E-state index in [4.69, 9.17) is 5.26 Å². The van der Waals surface area contributed by atoms with Gasteiger partial charge in [0, 0.05) is 6.08 Å². The van der Waals surface area contributed by atoms with Crippen molar-refractivity contribution in [1.82, 2.24) is 0 Å². The van der Waals surface area contributed by atoms with Crippen molar-refractivity contribution in [2.45, 2.75) is 59.3 Å². The highest BCUT2D eigenvalue weighted by atomic mass is 14.3. The van der Waals surface area contributed by atoms with Crippen molar-refractivity contribution in [1.29, 1.82) is 5.26 Å². The minimum absolute atomic E-state index is 0.114. The van der Waals surface area contributed by atoms with Crippen LogP contribution in [-0.2, 0) is 10.8 Å². The van der Waals surface area contributed by atoms with E-state index in [0.29, 0.717) is 0 Å². The molecule has 1 heteroatoms. The van der Waals surface area contributed by atoms with E-state index in [1.54, 1.807) is 6.08 Å². The lowest BCUT2D eigenvalue weighted by Gasteiger charge is -2.26. The molecule has 0 aliphatic carbocycles. The van der Waals surface area contributed by atoms with Gasteiger partial charge in [0.15, 0.2) is 0 Å². The zero-order valence-electron chi connectivity index (χ0n) is 13.3. The van der Waals surface area contributed by atoms with E-state index in [2.05, 4.69) is 65.8 Å². The van der Waals surface area contributed by atoms with Crippen LogP contribution in [0, 0.1) is 11.3 Å². The summed E-state index contributed by atoms with van der Waals surface area (Å²) in [6.07, 6.45) is 1.62. The van der Waals surface area contributed by atoms with Crippen LogP contribution < -0.4 is 0 Å². The summed E-state index contributed by atoms with van der Waals surface area (Å²) in [6.45, 7) is 15.3. The van der Waals surface area contributed by atoms with Crippen LogP contribution in [0.3, 0.4) is 0 Å². The second kappa shape index (κ2) is 5.21. The zero-order valence-corrected chi connectivity index (χ0v) is 13.3. The zero-order chi connectivity index (χ0) is 14.8. The van der Waals surface area contributed by atoms with Crippen LogP contribution in [-0.4, -0.2) is 0 Å². The molecule has 0 aliphatic heterocycles. The smallest absolute Gasteiger partial charge is 0.0915 e. The molecule has 19 heavy (non-hydrogen) atoms. The first-order chi connectivity index (χ1) is 8.55. The van der Waals surface area contributed by atoms with Crippen molar-refractivity contribution in [3.63, 3.8) is 0 Å². The summed E-state index contributed by atoms with van der Waals surface area (Å²) < 4.78 is 0. The summed E-state index contributed by atoms with van der Waals surface area (Å²) in [6, 6.07) is 8.83. The molecular weight excluding hydrogens is 230 g/mol. The van der Waals surface area contributed by atoms with Crippen LogP contribution in [0.5, 0.6) is 0 Å². The molecule has 1 nitrogen and oxygen atoms in total. The normalized spacial score (nSPS) is 13.3. The summed E-state index contributed by atoms with van der Waals surface area (Å²) in [5, 5.41) is 8.83. The van der Waals surface area contributed by atoms with Gasteiger partial charge in [-0.2, -0.15) is 5.26 Å². The third-order valence-electron chi connectivity index (χ3n) is 3.40. The van der Waals surface area contributed by atoms with Crippen molar-refractivity contribution in [2.24, 2.45) is 0 Å². The Morgan fingerprint density at radius 3 is 1.68 bits per heavy atom. The minimum atomic E-state index is 0.114. The Morgan fingerprint density at radius 2 is 1.37 bits per heavy atom. The van der Waals surface area contributed by atoms with E-state index in [9.17, 15) is 0 Å². The monoisotopic (exact) mass is 255 g/mol. The maximum Gasteiger partial charge on any atom is 0.0915 e. The van der Waals surface area contributed by atoms with Crippen LogP contribution in [0.15, 0.2) is 24.3 Å². The van der Waals surface area contributed by atoms with Gasteiger partial charge in [-0.25, -0.2) is 0 Å². The van der Waals surface area contributed by atoms with E-state index < -0.39 is 0 Å². The average molecular weight is 255 g/mol. The summed E-state index contributed by atoms with van der Waals surface area (Å²) in [5.74, 6) is 0. The van der Waals surface area contributed by atoms with Crippen LogP contribution >= 0.6 is 0 Å². The Labute approximate surface area is 118 Å². The minimum Gasteiger partial charge on any atom is -0.193 e. The average Bonchev–Trinajstić information content (AvgIpc) is 2.26. The van der Waals surface area contributed by atoms with Crippen molar-refractivity contribution >= 4 is 5.57 Å². The molecule has 0 fully saturated rings. The number of hydrogen-bond donors (Lipinski definition) is 0. The fourth-order valence-corrected chi connectivity index (χ4v) is 1.90. The Bertz CT molecular complexity index is 496. The lowest BCUT2D eigenvalue weighted by Crippen LogP contribution is -2.16. The fourth-order valence-electron chi connectivity index (χ4n) is 1.90. The molecule has 0 atom stereocenters. The van der Waals surface area contributed by atoms with E-state index in [1.807, 2.05) is 6.92 Å². The fraction of sp³-hybridized carbons (Fsp3) is 0.500. The second-order valence-electron chi connectivity index (χ2n) is 7.26. The van der Waals surface area contributed by atoms with Gasteiger partial charge < -0.3 is 0 Å². The molecule has 0 spiro atoms. The Hall–Kier alpha value is -1.55. The number of nitriles is 1. The quantitative estimate of drug-likeness (QED) is 0.632. The van der Waals surface area contributed by atoms with Gasteiger partial charge in [-0.05, 0) is 40.0 Å². The molecule has 1 aromatic rings. The molecule has 0 N–H and O–H groups in total. The van der Waals surface area contributed by atoms with Crippen molar-refractivity contribution in [2.75, 3.05) is 0 Å². The first-order valence-corrected chi connectivity index (χ1v) is 6.78. The summed E-state index contributed by atoms with van der Waals surface area (Å²) in [7, 11) is 0. The first-order valence-electron chi connectivity index (χ1n) is 6.78. The Morgan fingerprint density at radius 1 is 0.947 bits per heavy atom. The number of nitrogens with zero attached hydrogens (tertiary/aromatic N) is 1. The molecule has 0 unspecified atom stereocenters. The Kier molecular flexibility index (Phi) is 4.25. The van der Waals surface area contributed by atoms with Gasteiger partial charge in [-0.3, -0.25) is 0 Å². The molecule has 0 saturated carbocycles. The predicted molar refractivity (Wildman–Crippen MR) is 83.1 cm³/mol. The van der Waals surface area contributed by atoms with Gasteiger partial charge in [-0.1, -0.05) is 59.7 Å². The van der Waals surface area contributed by atoms with Gasteiger partial charge in [0.25, 0.3) is 0 Å². The molecule has 1 aromatic carbocycles. The largest absolute Gasteiger partial charge is 0.193 e. The van der Waals surface area contributed by atoms with Crippen molar-refractivity contribution in [3.05, 3.63) is 41.0 Å². The maximum absolute atomic E-state index is 8.83. The molecule has 0 amide bonds. The van der Waals surface area contributed by atoms with Crippen LogP contribution in [0.25, 0.3) is 5.57 Å². The van der Waals surface area contributed by atoms with E-state index in [0.717, 1.165) is 11.1 Å². The number of benzene rings is 1. The molecule has 0 aliphatic rings. The highest BCUT2D eigenvalue weighted by Gasteiger charge is 2.20. The molecular formula is C18H25N. The molecule has 0 bridgehead atoms.